The quantitative estimate of drug-likeness (QED) is 0.782. The second-order valence-electron chi connectivity index (χ2n) is 4.27. The number of rotatable bonds is 5. The number of amides is 1. The number of hydrogen-bond donors (Lipinski definition) is 3. The molecule has 2 aromatic rings. The maximum absolute atomic E-state index is 13.3. The molecule has 1 atom stereocenters. The average Bonchev–Trinajstić information content (AvgIpc) is 2.93. The van der Waals surface area contributed by atoms with E-state index in [0.29, 0.717) is 5.69 Å². The van der Waals surface area contributed by atoms with Crippen molar-refractivity contribution in [2.45, 2.75) is 12.5 Å². The summed E-state index contributed by atoms with van der Waals surface area (Å²) in [5.41, 5.74) is 0.553. The highest BCUT2D eigenvalue weighted by atomic mass is 35.5. The molecule has 1 aromatic carbocycles. The lowest BCUT2D eigenvalue weighted by atomic mass is 10.1. The Labute approximate surface area is 124 Å². The van der Waals surface area contributed by atoms with Gasteiger partial charge < -0.3 is 15.4 Å². The number of nitrogens with zero attached hydrogens (tertiary/aromatic N) is 1. The molecule has 0 fully saturated rings. The number of imidazole rings is 1. The second kappa shape index (κ2) is 6.36. The van der Waals surface area contributed by atoms with Gasteiger partial charge in [0.1, 0.15) is 11.9 Å². The van der Waals surface area contributed by atoms with Crippen molar-refractivity contribution in [2.75, 3.05) is 0 Å². The van der Waals surface area contributed by atoms with Gasteiger partial charge in [-0.1, -0.05) is 11.6 Å². The number of carbonyl (C=O) groups is 2. The largest absolute Gasteiger partial charge is 0.480 e. The fourth-order valence-corrected chi connectivity index (χ4v) is 1.81. The van der Waals surface area contributed by atoms with Crippen LogP contribution in [0, 0.1) is 5.82 Å². The molecule has 6 nitrogen and oxygen atoms in total. The predicted octanol–water partition coefficient (Wildman–Crippen LogP) is 1.63. The van der Waals surface area contributed by atoms with Gasteiger partial charge in [-0.2, -0.15) is 0 Å². The molecule has 0 aliphatic heterocycles. The summed E-state index contributed by atoms with van der Waals surface area (Å²) in [4.78, 5) is 29.6. The van der Waals surface area contributed by atoms with Crippen LogP contribution >= 0.6 is 11.6 Å². The van der Waals surface area contributed by atoms with Crippen LogP contribution in [0.4, 0.5) is 4.39 Å². The van der Waals surface area contributed by atoms with E-state index in [4.69, 9.17) is 16.7 Å². The first-order chi connectivity index (χ1) is 9.97. The van der Waals surface area contributed by atoms with Crippen LogP contribution in [-0.4, -0.2) is 33.0 Å². The first kappa shape index (κ1) is 15.0. The molecule has 1 aromatic heterocycles. The molecule has 2 rings (SSSR count). The summed E-state index contributed by atoms with van der Waals surface area (Å²) in [6.45, 7) is 0. The number of carboxylic acid groups (broad SMARTS) is 1. The van der Waals surface area contributed by atoms with Crippen LogP contribution in [0.25, 0.3) is 0 Å². The third kappa shape index (κ3) is 3.79. The Bertz CT molecular complexity index is 661. The van der Waals surface area contributed by atoms with Crippen LogP contribution in [0.1, 0.15) is 16.1 Å². The molecule has 3 N–H and O–H groups in total. The van der Waals surface area contributed by atoms with Gasteiger partial charge in [0.25, 0.3) is 5.91 Å². The van der Waals surface area contributed by atoms with Gasteiger partial charge in [0, 0.05) is 23.9 Å². The van der Waals surface area contributed by atoms with Gasteiger partial charge in [0.05, 0.1) is 11.3 Å². The van der Waals surface area contributed by atoms with Crippen molar-refractivity contribution in [1.29, 1.82) is 0 Å². The fourth-order valence-electron chi connectivity index (χ4n) is 1.70. The highest BCUT2D eigenvalue weighted by molar-refractivity contribution is 6.30. The maximum Gasteiger partial charge on any atom is 0.326 e. The molecule has 8 heteroatoms. The van der Waals surface area contributed by atoms with E-state index < -0.39 is 23.7 Å². The number of halogens is 2. The zero-order valence-electron chi connectivity index (χ0n) is 10.6. The number of carboxylic acids is 1. The van der Waals surface area contributed by atoms with Crippen molar-refractivity contribution < 1.29 is 19.1 Å². The topological polar surface area (TPSA) is 95.1 Å². The number of carbonyl (C=O) groups excluding carboxylic acids is 1. The van der Waals surface area contributed by atoms with Crippen molar-refractivity contribution in [3.8, 4) is 0 Å². The highest BCUT2D eigenvalue weighted by Crippen LogP contribution is 2.15. The lowest BCUT2D eigenvalue weighted by molar-refractivity contribution is -0.139. The van der Waals surface area contributed by atoms with Gasteiger partial charge in [-0.05, 0) is 18.2 Å². The number of hydrogen-bond acceptors (Lipinski definition) is 3. The van der Waals surface area contributed by atoms with Gasteiger partial charge in [0.2, 0.25) is 0 Å². The van der Waals surface area contributed by atoms with E-state index in [9.17, 15) is 14.0 Å². The van der Waals surface area contributed by atoms with E-state index in [1.54, 1.807) is 0 Å². The van der Waals surface area contributed by atoms with Gasteiger partial charge in [-0.25, -0.2) is 14.2 Å². The molecule has 0 radical (unpaired) electrons. The van der Waals surface area contributed by atoms with E-state index >= 15 is 0 Å². The Morgan fingerprint density at radius 2 is 2.24 bits per heavy atom. The van der Waals surface area contributed by atoms with Crippen molar-refractivity contribution in [1.82, 2.24) is 15.3 Å². The summed E-state index contributed by atoms with van der Waals surface area (Å²) < 4.78 is 13.3. The lowest BCUT2D eigenvalue weighted by Crippen LogP contribution is -2.42. The number of aliphatic carboxylic acids is 1. The van der Waals surface area contributed by atoms with E-state index in [-0.39, 0.29) is 17.0 Å². The molecule has 0 spiro atoms. The minimum atomic E-state index is -1.20. The monoisotopic (exact) mass is 311 g/mol. The molecular formula is C13H11ClFN3O3. The van der Waals surface area contributed by atoms with Crippen LogP contribution in [0.15, 0.2) is 30.7 Å². The summed E-state index contributed by atoms with van der Waals surface area (Å²) in [6, 6.07) is 2.34. The normalized spacial score (nSPS) is 11.9. The van der Waals surface area contributed by atoms with E-state index in [2.05, 4.69) is 15.3 Å². The number of aromatic amines is 1. The zero-order chi connectivity index (χ0) is 15.4. The molecule has 0 aliphatic rings. The van der Waals surface area contributed by atoms with Gasteiger partial charge in [-0.3, -0.25) is 4.79 Å². The number of H-pyrrole nitrogens is 1. The van der Waals surface area contributed by atoms with Gasteiger partial charge in [0.15, 0.2) is 0 Å². The summed E-state index contributed by atoms with van der Waals surface area (Å²) >= 11 is 5.52. The number of nitrogens with one attached hydrogen (secondary N) is 2. The van der Waals surface area contributed by atoms with Crippen LogP contribution in [0.3, 0.4) is 0 Å². The van der Waals surface area contributed by atoms with Crippen molar-refractivity contribution in [3.63, 3.8) is 0 Å². The molecule has 0 bridgehead atoms. The second-order valence-corrected chi connectivity index (χ2v) is 4.68. The first-order valence-corrected chi connectivity index (χ1v) is 6.31. The van der Waals surface area contributed by atoms with E-state index in [0.717, 1.165) is 6.07 Å². The summed E-state index contributed by atoms with van der Waals surface area (Å²) in [5.74, 6) is -2.64. The SMILES string of the molecule is O=C(N[C@@H](Cc1cnc[nH]1)C(=O)O)c1ccc(Cl)c(F)c1. The van der Waals surface area contributed by atoms with Crippen molar-refractivity contribution >= 4 is 23.5 Å². The Hall–Kier alpha value is -2.41. The van der Waals surface area contributed by atoms with Gasteiger partial charge in [-0.15, -0.1) is 0 Å². The van der Waals surface area contributed by atoms with E-state index in [1.807, 2.05) is 0 Å². The van der Waals surface area contributed by atoms with Crippen LogP contribution in [0.2, 0.25) is 5.02 Å². The summed E-state index contributed by atoms with van der Waals surface area (Å²) in [6.07, 6.45) is 2.91. The molecule has 1 heterocycles. The number of aromatic nitrogens is 2. The predicted molar refractivity (Wildman–Crippen MR) is 72.6 cm³/mol. The van der Waals surface area contributed by atoms with Gasteiger partial charge >= 0.3 is 5.97 Å². The smallest absolute Gasteiger partial charge is 0.326 e. The molecule has 1 amide bonds. The minimum absolute atomic E-state index is 0.00670. The zero-order valence-corrected chi connectivity index (χ0v) is 11.4. The van der Waals surface area contributed by atoms with Crippen LogP contribution < -0.4 is 5.32 Å². The lowest BCUT2D eigenvalue weighted by Gasteiger charge is -2.13. The third-order valence-electron chi connectivity index (χ3n) is 2.76. The molecule has 21 heavy (non-hydrogen) atoms. The van der Waals surface area contributed by atoms with Crippen LogP contribution in [0.5, 0.6) is 0 Å². The Balaban J connectivity index is 2.10. The minimum Gasteiger partial charge on any atom is -0.480 e. The first-order valence-electron chi connectivity index (χ1n) is 5.93. The standard InChI is InChI=1S/C13H11ClFN3O3/c14-9-2-1-7(3-10(9)15)12(19)18-11(13(20)21)4-8-5-16-6-17-8/h1-3,5-6,11H,4H2,(H,16,17)(H,18,19)(H,20,21)/t11-/m0/s1. The molecule has 110 valence electrons. The average molecular weight is 312 g/mol. The third-order valence-corrected chi connectivity index (χ3v) is 3.07. The van der Waals surface area contributed by atoms with Crippen LogP contribution in [-0.2, 0) is 11.2 Å². The highest BCUT2D eigenvalue weighted by Gasteiger charge is 2.22. The van der Waals surface area contributed by atoms with Crippen molar-refractivity contribution in [3.05, 3.63) is 52.8 Å². The Kier molecular flexibility index (Phi) is 4.54. The molecule has 0 saturated carbocycles. The Morgan fingerprint density at radius 1 is 1.48 bits per heavy atom. The molecule has 0 saturated heterocycles. The Morgan fingerprint density at radius 3 is 2.81 bits per heavy atom. The molecule has 0 aliphatic carbocycles. The maximum atomic E-state index is 13.3. The number of benzene rings is 1. The molecular weight excluding hydrogens is 301 g/mol. The summed E-state index contributed by atoms with van der Waals surface area (Å²) in [5, 5.41) is 11.3. The molecule has 0 unspecified atom stereocenters. The van der Waals surface area contributed by atoms with Crippen molar-refractivity contribution in [2.24, 2.45) is 0 Å². The van der Waals surface area contributed by atoms with E-state index in [1.165, 1.54) is 24.7 Å². The summed E-state index contributed by atoms with van der Waals surface area (Å²) in [7, 11) is 0. The fraction of sp³-hybridized carbons (Fsp3) is 0.154.